The van der Waals surface area contributed by atoms with Crippen LogP contribution in [0.5, 0.6) is 0 Å². The van der Waals surface area contributed by atoms with E-state index in [1.807, 2.05) is 29.5 Å². The molecule has 6 nitrogen and oxygen atoms in total. The number of hydrogen-bond donors (Lipinski definition) is 1. The molecule has 0 spiro atoms. The molecule has 2 aliphatic rings. The summed E-state index contributed by atoms with van der Waals surface area (Å²) in [6.45, 7) is 5.33. The van der Waals surface area contributed by atoms with E-state index >= 15 is 0 Å². The molecule has 1 saturated carbocycles. The van der Waals surface area contributed by atoms with Crippen molar-refractivity contribution in [2.24, 2.45) is 0 Å². The lowest BCUT2D eigenvalue weighted by atomic mass is 10.0. The molecule has 1 amide bonds. The first-order valence-electron chi connectivity index (χ1n) is 7.99. The van der Waals surface area contributed by atoms with Gasteiger partial charge in [0.05, 0.1) is 5.69 Å². The predicted octanol–water partition coefficient (Wildman–Crippen LogP) is 1.94. The predicted molar refractivity (Wildman–Crippen MR) is 81.4 cm³/mol. The summed E-state index contributed by atoms with van der Waals surface area (Å²) in [5.41, 5.74) is 3.67. The highest BCUT2D eigenvalue weighted by Crippen LogP contribution is 2.42. The maximum atomic E-state index is 12.8. The SMILES string of the molecule is Cc1nccn1[C@H](C)C(=O)N1CCc2[nH]nc(C3CC3)c2C1. The standard InChI is InChI=1S/C16H21N5O/c1-10(21-8-6-17-11(21)2)16(22)20-7-5-14-13(9-20)15(19-18-14)12-3-4-12/h6,8,10,12H,3-5,7,9H2,1-2H3,(H,18,19)/t10-/m1/s1. The number of imidazole rings is 1. The summed E-state index contributed by atoms with van der Waals surface area (Å²) in [6.07, 6.45) is 6.96. The molecular formula is C16H21N5O. The Morgan fingerprint density at radius 3 is 2.95 bits per heavy atom. The summed E-state index contributed by atoms with van der Waals surface area (Å²) in [7, 11) is 0. The number of aromatic nitrogens is 4. The van der Waals surface area contributed by atoms with E-state index in [1.54, 1.807) is 6.20 Å². The van der Waals surface area contributed by atoms with E-state index in [0.717, 1.165) is 18.8 Å². The number of aryl methyl sites for hydroxylation is 1. The lowest BCUT2D eigenvalue weighted by molar-refractivity contribution is -0.135. The highest BCUT2D eigenvalue weighted by atomic mass is 16.2. The zero-order valence-electron chi connectivity index (χ0n) is 13.0. The van der Waals surface area contributed by atoms with Crippen molar-refractivity contribution < 1.29 is 4.79 Å². The van der Waals surface area contributed by atoms with Crippen LogP contribution in [-0.4, -0.2) is 37.1 Å². The van der Waals surface area contributed by atoms with Crippen LogP contribution in [0.4, 0.5) is 0 Å². The van der Waals surface area contributed by atoms with Crippen LogP contribution in [0.25, 0.3) is 0 Å². The number of hydrogen-bond acceptors (Lipinski definition) is 3. The largest absolute Gasteiger partial charge is 0.336 e. The van der Waals surface area contributed by atoms with Crippen LogP contribution in [0.2, 0.25) is 0 Å². The average Bonchev–Trinajstić information content (AvgIpc) is 3.14. The van der Waals surface area contributed by atoms with Gasteiger partial charge in [0.15, 0.2) is 0 Å². The van der Waals surface area contributed by atoms with Crippen LogP contribution >= 0.6 is 0 Å². The van der Waals surface area contributed by atoms with Gasteiger partial charge >= 0.3 is 0 Å². The Morgan fingerprint density at radius 1 is 1.45 bits per heavy atom. The number of rotatable bonds is 3. The highest BCUT2D eigenvalue weighted by Gasteiger charge is 2.34. The van der Waals surface area contributed by atoms with Gasteiger partial charge in [-0.25, -0.2) is 4.98 Å². The summed E-state index contributed by atoms with van der Waals surface area (Å²) in [6, 6.07) is -0.208. The fourth-order valence-electron chi connectivity index (χ4n) is 3.38. The smallest absolute Gasteiger partial charge is 0.245 e. The molecule has 2 aromatic rings. The minimum Gasteiger partial charge on any atom is -0.336 e. The second-order valence-corrected chi connectivity index (χ2v) is 6.41. The molecule has 0 unspecified atom stereocenters. The number of nitrogens with one attached hydrogen (secondary N) is 1. The number of nitrogens with zero attached hydrogens (tertiary/aromatic N) is 4. The molecule has 116 valence electrons. The van der Waals surface area contributed by atoms with Gasteiger partial charge in [-0.3, -0.25) is 9.89 Å². The Kier molecular flexibility index (Phi) is 3.06. The second kappa shape index (κ2) is 4.97. The fourth-order valence-corrected chi connectivity index (χ4v) is 3.38. The summed E-state index contributed by atoms with van der Waals surface area (Å²) in [5.74, 6) is 1.65. The zero-order chi connectivity index (χ0) is 15.3. The van der Waals surface area contributed by atoms with Crippen molar-refractivity contribution in [1.82, 2.24) is 24.6 Å². The molecule has 22 heavy (non-hydrogen) atoms. The first-order valence-corrected chi connectivity index (χ1v) is 7.99. The molecule has 0 radical (unpaired) electrons. The Balaban J connectivity index is 1.55. The number of carbonyl (C=O) groups excluding carboxylic acids is 1. The topological polar surface area (TPSA) is 66.8 Å². The van der Waals surface area contributed by atoms with E-state index in [2.05, 4.69) is 15.2 Å². The van der Waals surface area contributed by atoms with E-state index in [1.165, 1.54) is 29.8 Å². The minimum atomic E-state index is -0.208. The maximum Gasteiger partial charge on any atom is 0.245 e. The number of amides is 1. The monoisotopic (exact) mass is 299 g/mol. The van der Waals surface area contributed by atoms with Crippen molar-refractivity contribution in [1.29, 1.82) is 0 Å². The maximum absolute atomic E-state index is 12.8. The van der Waals surface area contributed by atoms with Crippen molar-refractivity contribution in [3.63, 3.8) is 0 Å². The summed E-state index contributed by atoms with van der Waals surface area (Å²) < 4.78 is 1.94. The van der Waals surface area contributed by atoms with Crippen LogP contribution < -0.4 is 0 Å². The third kappa shape index (κ3) is 2.14. The van der Waals surface area contributed by atoms with Crippen molar-refractivity contribution in [2.75, 3.05) is 6.54 Å². The Hall–Kier alpha value is -2.11. The number of H-pyrrole nitrogens is 1. The number of carbonyl (C=O) groups is 1. The Morgan fingerprint density at radius 2 is 2.27 bits per heavy atom. The van der Waals surface area contributed by atoms with Crippen molar-refractivity contribution >= 4 is 5.91 Å². The highest BCUT2D eigenvalue weighted by molar-refractivity contribution is 5.80. The van der Waals surface area contributed by atoms with Gasteiger partial charge in [0.25, 0.3) is 0 Å². The molecule has 0 aromatic carbocycles. The molecule has 1 atom stereocenters. The molecule has 3 heterocycles. The van der Waals surface area contributed by atoms with Gasteiger partial charge in [0.2, 0.25) is 5.91 Å². The average molecular weight is 299 g/mol. The molecule has 1 N–H and O–H groups in total. The van der Waals surface area contributed by atoms with Crippen LogP contribution in [0, 0.1) is 6.92 Å². The Labute approximate surface area is 129 Å². The van der Waals surface area contributed by atoms with Gasteiger partial charge in [-0.2, -0.15) is 5.10 Å². The first kappa shape index (κ1) is 13.5. The molecule has 1 fully saturated rings. The molecule has 6 heteroatoms. The third-order valence-corrected chi connectivity index (χ3v) is 4.88. The second-order valence-electron chi connectivity index (χ2n) is 6.41. The minimum absolute atomic E-state index is 0.162. The summed E-state index contributed by atoms with van der Waals surface area (Å²) >= 11 is 0. The number of fused-ring (bicyclic) bond motifs is 1. The van der Waals surface area contributed by atoms with Gasteiger partial charge in [-0.1, -0.05) is 0 Å². The Bertz CT molecular complexity index is 712. The normalized spacial score (nSPS) is 19.1. The summed E-state index contributed by atoms with van der Waals surface area (Å²) in [4.78, 5) is 19.0. The fraction of sp³-hybridized carbons (Fsp3) is 0.562. The first-order chi connectivity index (χ1) is 10.6. The van der Waals surface area contributed by atoms with Crippen molar-refractivity contribution in [3.05, 3.63) is 35.2 Å². The lowest BCUT2D eigenvalue weighted by Crippen LogP contribution is -2.40. The lowest BCUT2D eigenvalue weighted by Gasteiger charge is -2.30. The van der Waals surface area contributed by atoms with Crippen LogP contribution in [0.3, 0.4) is 0 Å². The van der Waals surface area contributed by atoms with Gasteiger partial charge in [0, 0.05) is 49.1 Å². The van der Waals surface area contributed by atoms with Gasteiger partial charge in [0.1, 0.15) is 11.9 Å². The number of aromatic amines is 1. The molecular weight excluding hydrogens is 278 g/mol. The van der Waals surface area contributed by atoms with Gasteiger partial charge < -0.3 is 9.47 Å². The quantitative estimate of drug-likeness (QED) is 0.942. The summed E-state index contributed by atoms with van der Waals surface area (Å²) in [5, 5.41) is 7.65. The van der Waals surface area contributed by atoms with Gasteiger partial charge in [-0.15, -0.1) is 0 Å². The van der Waals surface area contributed by atoms with E-state index < -0.39 is 0 Å². The van der Waals surface area contributed by atoms with E-state index in [0.29, 0.717) is 12.5 Å². The molecule has 0 saturated heterocycles. The molecule has 2 aromatic heterocycles. The zero-order valence-corrected chi connectivity index (χ0v) is 13.0. The molecule has 4 rings (SSSR count). The molecule has 1 aliphatic heterocycles. The van der Waals surface area contributed by atoms with Crippen LogP contribution in [0.1, 0.15) is 54.5 Å². The van der Waals surface area contributed by atoms with Gasteiger partial charge in [-0.05, 0) is 26.7 Å². The van der Waals surface area contributed by atoms with Crippen molar-refractivity contribution in [3.8, 4) is 0 Å². The van der Waals surface area contributed by atoms with E-state index in [-0.39, 0.29) is 11.9 Å². The van der Waals surface area contributed by atoms with Crippen molar-refractivity contribution in [2.45, 2.75) is 51.6 Å². The molecule has 0 bridgehead atoms. The van der Waals surface area contributed by atoms with Crippen LogP contribution in [-0.2, 0) is 17.8 Å². The third-order valence-electron chi connectivity index (χ3n) is 4.88. The van der Waals surface area contributed by atoms with Crippen LogP contribution in [0.15, 0.2) is 12.4 Å². The van der Waals surface area contributed by atoms with E-state index in [9.17, 15) is 4.79 Å². The van der Waals surface area contributed by atoms with E-state index in [4.69, 9.17) is 0 Å². The molecule has 1 aliphatic carbocycles.